The summed E-state index contributed by atoms with van der Waals surface area (Å²) in [6.07, 6.45) is 1.99. The van der Waals surface area contributed by atoms with Gasteiger partial charge in [-0.05, 0) is 43.7 Å². The molecule has 3 heterocycles. The molecule has 0 radical (unpaired) electrons. The van der Waals surface area contributed by atoms with E-state index in [1.54, 1.807) is 6.07 Å². The number of nitrogens with one attached hydrogen (secondary N) is 3. The number of aliphatic carboxylic acids is 2. The van der Waals surface area contributed by atoms with Gasteiger partial charge in [0.2, 0.25) is 0 Å². The van der Waals surface area contributed by atoms with Crippen molar-refractivity contribution in [2.24, 2.45) is 16.6 Å². The Hall–Kier alpha value is -2.80. The first-order valence-electron chi connectivity index (χ1n) is 9.80. The molecule has 0 aromatic carbocycles. The highest BCUT2D eigenvalue weighted by molar-refractivity contribution is 7.14. The van der Waals surface area contributed by atoms with Crippen LogP contribution in [0, 0.1) is 5.92 Å². The van der Waals surface area contributed by atoms with Crippen LogP contribution in [-0.2, 0) is 16.0 Å². The molecule has 8 N–H and O–H groups in total. The van der Waals surface area contributed by atoms with E-state index in [-0.39, 0.29) is 18.8 Å². The van der Waals surface area contributed by atoms with Crippen molar-refractivity contribution in [3.05, 3.63) is 33.3 Å². The summed E-state index contributed by atoms with van der Waals surface area (Å²) in [5.74, 6) is -2.21. The van der Waals surface area contributed by atoms with Gasteiger partial charge >= 0.3 is 11.9 Å². The van der Waals surface area contributed by atoms with Crippen molar-refractivity contribution in [2.75, 3.05) is 0 Å². The van der Waals surface area contributed by atoms with E-state index in [2.05, 4.69) is 20.9 Å². The first-order valence-corrected chi connectivity index (χ1v) is 10.6. The number of carboxylic acid groups (broad SMARTS) is 2. The third-order valence-electron chi connectivity index (χ3n) is 5.06. The molecule has 168 valence electrons. The number of aryl methyl sites for hydroxylation is 1. The fraction of sp³-hybridized carbons (Fsp3) is 0.474. The number of thiophene rings is 1. The van der Waals surface area contributed by atoms with Gasteiger partial charge in [-0.1, -0.05) is 0 Å². The summed E-state index contributed by atoms with van der Waals surface area (Å²) in [6, 6.07) is 2.18. The normalized spacial score (nSPS) is 23.6. The Balaban J connectivity index is 1.52. The molecule has 0 spiro atoms. The lowest BCUT2D eigenvalue weighted by molar-refractivity contribution is -0.140. The summed E-state index contributed by atoms with van der Waals surface area (Å²) in [6.45, 7) is 0. The number of aliphatic hydroxyl groups excluding tert-OH is 1. The van der Waals surface area contributed by atoms with Crippen LogP contribution in [0.4, 0.5) is 0 Å². The number of amides is 1. The lowest BCUT2D eigenvalue weighted by atomic mass is 9.92. The van der Waals surface area contributed by atoms with Crippen molar-refractivity contribution in [2.45, 2.75) is 50.7 Å². The van der Waals surface area contributed by atoms with E-state index >= 15 is 0 Å². The molecular formula is C19H25N5O6S. The van der Waals surface area contributed by atoms with Gasteiger partial charge < -0.3 is 26.0 Å². The van der Waals surface area contributed by atoms with Crippen LogP contribution in [0.5, 0.6) is 0 Å². The predicted molar refractivity (Wildman–Crippen MR) is 112 cm³/mol. The molecule has 1 aromatic heterocycles. The number of carboxylic acids is 2. The summed E-state index contributed by atoms with van der Waals surface area (Å²) in [4.78, 5) is 39.9. The van der Waals surface area contributed by atoms with Crippen LogP contribution >= 0.6 is 11.3 Å². The first kappa shape index (κ1) is 22.9. The molecule has 1 amide bonds. The van der Waals surface area contributed by atoms with E-state index in [0.717, 1.165) is 16.9 Å². The topological polar surface area (TPSA) is 186 Å². The van der Waals surface area contributed by atoms with Crippen molar-refractivity contribution < 1.29 is 29.7 Å². The highest BCUT2D eigenvalue weighted by Gasteiger charge is 2.29. The Bertz CT molecular complexity index is 913. The Kier molecular flexibility index (Phi) is 7.38. The number of nitrogens with zero attached hydrogens (tertiary/aromatic N) is 1. The first-order chi connectivity index (χ1) is 14.7. The molecule has 3 rings (SSSR count). The molecule has 1 aromatic rings. The highest BCUT2D eigenvalue weighted by Crippen LogP contribution is 2.28. The molecule has 0 saturated heterocycles. The SMILES string of the molecule is NC1NC2=C(CC(CCc3ccc(C(=O)N[C@@H](CCC(=O)O)C(=O)O)s3)C=N2)C(O)N1. The minimum atomic E-state index is -1.27. The van der Waals surface area contributed by atoms with Crippen molar-refractivity contribution >= 4 is 35.4 Å². The maximum Gasteiger partial charge on any atom is 0.326 e. The second-order valence-corrected chi connectivity index (χ2v) is 8.58. The van der Waals surface area contributed by atoms with E-state index in [1.165, 1.54) is 11.3 Å². The van der Waals surface area contributed by atoms with Crippen LogP contribution in [0.3, 0.4) is 0 Å². The van der Waals surface area contributed by atoms with E-state index in [1.807, 2.05) is 12.3 Å². The molecule has 12 heteroatoms. The average molecular weight is 452 g/mol. The Labute approximate surface area is 182 Å². The van der Waals surface area contributed by atoms with Gasteiger partial charge in [0.25, 0.3) is 5.91 Å². The van der Waals surface area contributed by atoms with Gasteiger partial charge in [0.1, 0.15) is 24.4 Å². The van der Waals surface area contributed by atoms with Gasteiger partial charge in [0.05, 0.1) is 4.88 Å². The smallest absolute Gasteiger partial charge is 0.326 e. The lowest BCUT2D eigenvalue weighted by Crippen LogP contribution is -2.58. The van der Waals surface area contributed by atoms with E-state index < -0.39 is 36.4 Å². The lowest BCUT2D eigenvalue weighted by Gasteiger charge is -2.33. The van der Waals surface area contributed by atoms with Crippen molar-refractivity contribution in [1.29, 1.82) is 0 Å². The second-order valence-electron chi connectivity index (χ2n) is 7.41. The zero-order chi connectivity index (χ0) is 22.5. The zero-order valence-electron chi connectivity index (χ0n) is 16.6. The summed E-state index contributed by atoms with van der Waals surface area (Å²) in [7, 11) is 0. The second kappa shape index (κ2) is 10.0. The van der Waals surface area contributed by atoms with Crippen LogP contribution in [0.2, 0.25) is 0 Å². The zero-order valence-corrected chi connectivity index (χ0v) is 17.4. The van der Waals surface area contributed by atoms with Crippen molar-refractivity contribution in [3.63, 3.8) is 0 Å². The molecule has 0 fully saturated rings. The number of aliphatic hydroxyl groups is 1. The molecule has 4 atom stereocenters. The average Bonchev–Trinajstić information content (AvgIpc) is 3.18. The number of nitrogens with two attached hydrogens (primary N) is 1. The van der Waals surface area contributed by atoms with Crippen LogP contribution in [-0.4, -0.2) is 57.9 Å². The summed E-state index contributed by atoms with van der Waals surface area (Å²) in [5, 5.41) is 36.2. The van der Waals surface area contributed by atoms with Crippen molar-refractivity contribution in [1.82, 2.24) is 16.0 Å². The quantitative estimate of drug-likeness (QED) is 0.266. The largest absolute Gasteiger partial charge is 0.481 e. The van der Waals surface area contributed by atoms with E-state index in [0.29, 0.717) is 23.5 Å². The predicted octanol–water partition coefficient (Wildman–Crippen LogP) is -0.216. The van der Waals surface area contributed by atoms with Gasteiger partial charge in [-0.15, -0.1) is 11.3 Å². The van der Waals surface area contributed by atoms with Crippen LogP contribution in [0.15, 0.2) is 28.5 Å². The number of aliphatic imine (C=N–C) groups is 1. The molecule has 2 aliphatic heterocycles. The number of rotatable bonds is 9. The summed E-state index contributed by atoms with van der Waals surface area (Å²) in [5.41, 5.74) is 6.49. The molecule has 2 aliphatic rings. The van der Waals surface area contributed by atoms with Crippen LogP contribution in [0.25, 0.3) is 0 Å². The van der Waals surface area contributed by atoms with Gasteiger partial charge in [0.15, 0.2) is 0 Å². The standard InChI is InChI=1S/C19H25N5O6S/c20-19-23-15-11(16(27)24-19)7-9(8-21-15)1-2-10-3-5-13(31-10)17(28)22-12(18(29)30)4-6-14(25)26/h3,5,8-9,12,16,19,23-24,27H,1-2,4,6-7,20H2,(H,22,28)(H,25,26)(H,29,30)/t9?,12-,16?,19?/m0/s1. The number of hydrogen-bond donors (Lipinski definition) is 7. The van der Waals surface area contributed by atoms with Crippen LogP contribution < -0.4 is 21.7 Å². The van der Waals surface area contributed by atoms with Gasteiger partial charge in [-0.25, -0.2) is 9.79 Å². The molecule has 0 saturated carbocycles. The molecule has 11 nitrogen and oxygen atoms in total. The fourth-order valence-corrected chi connectivity index (χ4v) is 4.34. The number of carbonyl (C=O) groups is 3. The molecule has 0 bridgehead atoms. The minimum absolute atomic E-state index is 0.123. The van der Waals surface area contributed by atoms with Gasteiger partial charge in [-0.3, -0.25) is 20.6 Å². The van der Waals surface area contributed by atoms with Gasteiger partial charge in [-0.2, -0.15) is 0 Å². The third kappa shape index (κ3) is 6.10. The Morgan fingerprint density at radius 1 is 1.32 bits per heavy atom. The molecular weight excluding hydrogens is 426 g/mol. The maximum absolute atomic E-state index is 12.4. The minimum Gasteiger partial charge on any atom is -0.481 e. The summed E-state index contributed by atoms with van der Waals surface area (Å²) >= 11 is 1.26. The molecule has 0 aliphatic carbocycles. The van der Waals surface area contributed by atoms with Gasteiger partial charge in [0, 0.05) is 23.1 Å². The van der Waals surface area contributed by atoms with Crippen molar-refractivity contribution in [3.8, 4) is 0 Å². The Morgan fingerprint density at radius 2 is 2.10 bits per heavy atom. The number of hydrogen-bond acceptors (Lipinski definition) is 9. The monoisotopic (exact) mass is 451 g/mol. The molecule has 31 heavy (non-hydrogen) atoms. The molecule has 3 unspecified atom stereocenters. The Morgan fingerprint density at radius 3 is 2.81 bits per heavy atom. The third-order valence-corrected chi connectivity index (χ3v) is 6.20. The fourth-order valence-electron chi connectivity index (χ4n) is 3.42. The van der Waals surface area contributed by atoms with E-state index in [9.17, 15) is 24.6 Å². The summed E-state index contributed by atoms with van der Waals surface area (Å²) < 4.78 is 0. The highest BCUT2D eigenvalue weighted by atomic mass is 32.1. The van der Waals surface area contributed by atoms with Crippen LogP contribution in [0.1, 0.15) is 40.2 Å². The number of carbonyl (C=O) groups excluding carboxylic acids is 1. The van der Waals surface area contributed by atoms with E-state index in [4.69, 9.17) is 10.8 Å². The maximum atomic E-state index is 12.4.